The molecule has 3 aromatic rings. The number of hydrogen-bond donors (Lipinski definition) is 0. The molecule has 6 heteroatoms. The Bertz CT molecular complexity index is 725. The van der Waals surface area contributed by atoms with E-state index in [0.717, 1.165) is 35.6 Å². The molecule has 0 radical (unpaired) electrons. The van der Waals surface area contributed by atoms with E-state index in [0.29, 0.717) is 5.88 Å². The van der Waals surface area contributed by atoms with Gasteiger partial charge < -0.3 is 4.90 Å². The second-order valence-corrected chi connectivity index (χ2v) is 4.97. The number of benzene rings is 1. The van der Waals surface area contributed by atoms with Crippen molar-refractivity contribution in [2.24, 2.45) is 0 Å². The highest BCUT2D eigenvalue weighted by atomic mass is 35.5. The topological polar surface area (TPSA) is 46.8 Å². The van der Waals surface area contributed by atoms with Gasteiger partial charge in [0.2, 0.25) is 0 Å². The molecule has 0 unspecified atom stereocenters. The van der Waals surface area contributed by atoms with E-state index in [2.05, 4.69) is 26.9 Å². The molecule has 0 saturated heterocycles. The normalized spacial score (nSPS) is 11.0. The van der Waals surface area contributed by atoms with E-state index in [1.807, 2.05) is 41.2 Å². The molecule has 21 heavy (non-hydrogen) atoms. The van der Waals surface area contributed by atoms with Gasteiger partial charge in [-0.1, -0.05) is 18.2 Å². The summed E-state index contributed by atoms with van der Waals surface area (Å²) in [5.74, 6) is 1.44. The molecule has 0 aliphatic carbocycles. The van der Waals surface area contributed by atoms with Gasteiger partial charge in [-0.2, -0.15) is 5.10 Å². The third kappa shape index (κ3) is 2.56. The predicted molar refractivity (Wildman–Crippen MR) is 85.3 cm³/mol. The average Bonchev–Trinajstić information content (AvgIpc) is 2.97. The zero-order chi connectivity index (χ0) is 14.7. The Morgan fingerprint density at radius 1 is 1.19 bits per heavy atom. The van der Waals surface area contributed by atoms with Gasteiger partial charge in [0, 0.05) is 19.0 Å². The van der Waals surface area contributed by atoms with Gasteiger partial charge in [-0.15, -0.1) is 11.6 Å². The van der Waals surface area contributed by atoms with Crippen LogP contribution in [0.25, 0.3) is 16.7 Å². The molecule has 0 N–H and O–H groups in total. The van der Waals surface area contributed by atoms with Gasteiger partial charge >= 0.3 is 0 Å². The summed E-state index contributed by atoms with van der Waals surface area (Å²) >= 11 is 5.87. The van der Waals surface area contributed by atoms with Crippen molar-refractivity contribution in [2.75, 3.05) is 23.9 Å². The minimum absolute atomic E-state index is 0.562. The quantitative estimate of drug-likeness (QED) is 0.680. The van der Waals surface area contributed by atoms with Crippen LogP contribution in [0.3, 0.4) is 0 Å². The second-order valence-electron chi connectivity index (χ2n) is 4.60. The van der Waals surface area contributed by atoms with E-state index in [1.165, 1.54) is 0 Å². The third-order valence-electron chi connectivity index (χ3n) is 3.38. The first kappa shape index (κ1) is 13.8. The lowest BCUT2D eigenvalue weighted by molar-refractivity contribution is 0.850. The SMILES string of the molecule is CCN(CCCl)c1ncnc2c1cnn2-c1ccccc1. The molecular weight excluding hydrogens is 286 g/mol. The van der Waals surface area contributed by atoms with Crippen LogP contribution in [0.2, 0.25) is 0 Å². The molecule has 2 heterocycles. The van der Waals surface area contributed by atoms with Gasteiger partial charge in [-0.25, -0.2) is 14.6 Å². The molecule has 3 rings (SSSR count). The number of fused-ring (bicyclic) bond motifs is 1. The number of rotatable bonds is 5. The number of halogens is 1. The van der Waals surface area contributed by atoms with Crippen LogP contribution in [0.15, 0.2) is 42.9 Å². The second kappa shape index (κ2) is 6.10. The van der Waals surface area contributed by atoms with E-state index in [-0.39, 0.29) is 0 Å². The highest BCUT2D eigenvalue weighted by Crippen LogP contribution is 2.24. The summed E-state index contributed by atoms with van der Waals surface area (Å²) in [6, 6.07) is 9.96. The van der Waals surface area contributed by atoms with Crippen LogP contribution in [-0.2, 0) is 0 Å². The summed E-state index contributed by atoms with van der Waals surface area (Å²) in [4.78, 5) is 10.9. The van der Waals surface area contributed by atoms with Gasteiger partial charge in [0.15, 0.2) is 5.65 Å². The minimum atomic E-state index is 0.562. The summed E-state index contributed by atoms with van der Waals surface area (Å²) in [6.45, 7) is 3.68. The van der Waals surface area contributed by atoms with Gasteiger partial charge in [-0.05, 0) is 19.1 Å². The van der Waals surface area contributed by atoms with Crippen molar-refractivity contribution in [1.82, 2.24) is 19.7 Å². The fourth-order valence-corrected chi connectivity index (χ4v) is 2.56. The summed E-state index contributed by atoms with van der Waals surface area (Å²) < 4.78 is 1.83. The molecule has 0 aliphatic rings. The number of hydrogen-bond acceptors (Lipinski definition) is 4. The summed E-state index contributed by atoms with van der Waals surface area (Å²) in [5, 5.41) is 5.40. The number of anilines is 1. The van der Waals surface area contributed by atoms with Crippen molar-refractivity contribution >= 4 is 28.5 Å². The molecule has 1 aromatic carbocycles. The fraction of sp³-hybridized carbons (Fsp3) is 0.267. The van der Waals surface area contributed by atoms with Gasteiger partial charge in [0.25, 0.3) is 0 Å². The maximum absolute atomic E-state index is 5.87. The zero-order valence-electron chi connectivity index (χ0n) is 11.8. The Morgan fingerprint density at radius 3 is 2.71 bits per heavy atom. The zero-order valence-corrected chi connectivity index (χ0v) is 12.5. The Balaban J connectivity index is 2.12. The fourth-order valence-electron chi connectivity index (χ4n) is 2.36. The summed E-state index contributed by atoms with van der Waals surface area (Å²) in [7, 11) is 0. The molecule has 0 spiro atoms. The lowest BCUT2D eigenvalue weighted by atomic mass is 10.3. The minimum Gasteiger partial charge on any atom is -0.355 e. The monoisotopic (exact) mass is 301 g/mol. The van der Waals surface area contributed by atoms with Crippen LogP contribution in [-0.4, -0.2) is 38.7 Å². The van der Waals surface area contributed by atoms with Crippen LogP contribution < -0.4 is 4.90 Å². The first-order valence-corrected chi connectivity index (χ1v) is 7.43. The van der Waals surface area contributed by atoms with E-state index in [1.54, 1.807) is 6.33 Å². The highest BCUT2D eigenvalue weighted by molar-refractivity contribution is 6.18. The standard InChI is InChI=1S/C15H16ClN5/c1-2-20(9-8-16)14-13-10-19-21(15(13)18-11-17-14)12-6-4-3-5-7-12/h3-7,10-11H,2,8-9H2,1H3. The van der Waals surface area contributed by atoms with Gasteiger partial charge in [0.1, 0.15) is 12.1 Å². The molecular formula is C15H16ClN5. The Kier molecular flexibility index (Phi) is 4.01. The maximum Gasteiger partial charge on any atom is 0.168 e. The molecule has 0 saturated carbocycles. The average molecular weight is 302 g/mol. The lowest BCUT2D eigenvalue weighted by Crippen LogP contribution is -2.26. The highest BCUT2D eigenvalue weighted by Gasteiger charge is 2.14. The summed E-state index contributed by atoms with van der Waals surface area (Å²) in [6.07, 6.45) is 3.39. The number of para-hydroxylation sites is 1. The van der Waals surface area contributed by atoms with Crippen LogP contribution in [0.1, 0.15) is 6.92 Å². The van der Waals surface area contributed by atoms with Crippen LogP contribution in [0.4, 0.5) is 5.82 Å². The number of alkyl halides is 1. The van der Waals surface area contributed by atoms with E-state index < -0.39 is 0 Å². The van der Waals surface area contributed by atoms with Crippen LogP contribution in [0, 0.1) is 0 Å². The summed E-state index contributed by atoms with van der Waals surface area (Å²) in [5.41, 5.74) is 1.79. The number of aromatic nitrogens is 4. The van der Waals surface area contributed by atoms with Crippen LogP contribution in [0.5, 0.6) is 0 Å². The first-order chi connectivity index (χ1) is 10.3. The smallest absolute Gasteiger partial charge is 0.168 e. The number of nitrogens with zero attached hydrogens (tertiary/aromatic N) is 5. The Labute approximate surface area is 128 Å². The van der Waals surface area contributed by atoms with Crippen LogP contribution >= 0.6 is 11.6 Å². The van der Waals surface area contributed by atoms with Crippen molar-refractivity contribution < 1.29 is 0 Å². The van der Waals surface area contributed by atoms with Gasteiger partial charge in [0.05, 0.1) is 17.3 Å². The molecule has 5 nitrogen and oxygen atoms in total. The molecule has 0 amide bonds. The molecule has 0 aliphatic heterocycles. The first-order valence-electron chi connectivity index (χ1n) is 6.90. The van der Waals surface area contributed by atoms with Crippen molar-refractivity contribution in [1.29, 1.82) is 0 Å². The van der Waals surface area contributed by atoms with Crippen molar-refractivity contribution in [3.8, 4) is 5.69 Å². The van der Waals surface area contributed by atoms with Gasteiger partial charge in [-0.3, -0.25) is 0 Å². The molecule has 108 valence electrons. The van der Waals surface area contributed by atoms with E-state index in [9.17, 15) is 0 Å². The molecule has 0 fully saturated rings. The van der Waals surface area contributed by atoms with E-state index >= 15 is 0 Å². The molecule has 0 atom stereocenters. The molecule has 2 aromatic heterocycles. The maximum atomic E-state index is 5.87. The Morgan fingerprint density at radius 2 is 2.00 bits per heavy atom. The van der Waals surface area contributed by atoms with Crippen molar-refractivity contribution in [2.45, 2.75) is 6.92 Å². The lowest BCUT2D eigenvalue weighted by Gasteiger charge is -2.20. The van der Waals surface area contributed by atoms with E-state index in [4.69, 9.17) is 11.6 Å². The molecule has 0 bridgehead atoms. The third-order valence-corrected chi connectivity index (χ3v) is 3.55. The largest absolute Gasteiger partial charge is 0.355 e. The Hall–Kier alpha value is -2.14. The van der Waals surface area contributed by atoms with Crippen molar-refractivity contribution in [3.63, 3.8) is 0 Å². The predicted octanol–water partition coefficient (Wildman–Crippen LogP) is 2.88. The van der Waals surface area contributed by atoms with Crippen molar-refractivity contribution in [3.05, 3.63) is 42.9 Å².